The molecule has 0 bridgehead atoms. The predicted octanol–water partition coefficient (Wildman–Crippen LogP) is 3.76. The molecule has 0 saturated heterocycles. The third-order valence-electron chi connectivity index (χ3n) is 6.84. The van der Waals surface area contributed by atoms with Crippen molar-refractivity contribution >= 4 is 23.8 Å². The average molecular weight is 475 g/mol. The van der Waals surface area contributed by atoms with Crippen molar-refractivity contribution in [1.29, 1.82) is 0 Å². The van der Waals surface area contributed by atoms with Crippen molar-refractivity contribution in [3.8, 4) is 11.1 Å². The molecular weight excluding hydrogens is 448 g/mol. The number of aromatic nitrogens is 2. The molecule has 9 heteroatoms. The van der Waals surface area contributed by atoms with Crippen LogP contribution in [0.2, 0.25) is 0 Å². The van der Waals surface area contributed by atoms with Gasteiger partial charge >= 0.3 is 12.1 Å². The minimum Gasteiger partial charge on any atom is -0.481 e. The molecule has 0 aliphatic heterocycles. The van der Waals surface area contributed by atoms with Crippen LogP contribution in [0.5, 0.6) is 0 Å². The quantitative estimate of drug-likeness (QED) is 0.500. The van der Waals surface area contributed by atoms with E-state index in [-0.39, 0.29) is 18.2 Å². The molecule has 3 aromatic rings. The predicted molar refractivity (Wildman–Crippen MR) is 128 cm³/mol. The number of carbonyl (C=O) groups is 3. The number of benzene rings is 2. The largest absolute Gasteiger partial charge is 0.481 e. The third-order valence-corrected chi connectivity index (χ3v) is 6.84. The summed E-state index contributed by atoms with van der Waals surface area (Å²) in [5.41, 5.74) is 4.62. The molecule has 1 fully saturated rings. The van der Waals surface area contributed by atoms with Gasteiger partial charge in [0.15, 0.2) is 5.69 Å². The molecule has 0 radical (unpaired) electrons. The van der Waals surface area contributed by atoms with Gasteiger partial charge in [0.1, 0.15) is 12.4 Å². The van der Waals surface area contributed by atoms with Crippen LogP contribution in [-0.2, 0) is 16.6 Å². The van der Waals surface area contributed by atoms with Crippen LogP contribution in [0.15, 0.2) is 54.6 Å². The van der Waals surface area contributed by atoms with Gasteiger partial charge in [-0.1, -0.05) is 55.0 Å². The number of nitrogens with zero attached hydrogens (tertiary/aromatic N) is 2. The van der Waals surface area contributed by atoms with Crippen molar-refractivity contribution in [3.05, 3.63) is 71.4 Å². The molecule has 2 aliphatic carbocycles. The highest BCUT2D eigenvalue weighted by atomic mass is 16.5. The molecule has 3 N–H and O–H groups in total. The van der Waals surface area contributed by atoms with Gasteiger partial charge in [-0.15, -0.1) is 0 Å². The molecule has 0 unspecified atom stereocenters. The summed E-state index contributed by atoms with van der Waals surface area (Å²) in [5, 5.41) is 18.9. The number of hydrogen-bond donors (Lipinski definition) is 3. The standard InChI is InChI=1S/C26H26N4O5/c1-30-23(13-22(29-30)24(31)27-21-12-6-11-19(21)25(32)33)28-26(34)35-14-20-17-9-4-2-7-15(17)16-8-3-5-10-18(16)20/h2-5,7-10,13,19-21H,6,11-12,14H2,1H3,(H,27,31)(H,28,34)(H,32,33)/t19-,21+/m0/s1. The Morgan fingerprint density at radius 1 is 1.06 bits per heavy atom. The monoisotopic (exact) mass is 474 g/mol. The van der Waals surface area contributed by atoms with E-state index >= 15 is 0 Å². The minimum absolute atomic E-state index is 0.0605. The molecule has 35 heavy (non-hydrogen) atoms. The molecule has 2 aromatic carbocycles. The molecule has 180 valence electrons. The Hall–Kier alpha value is -4.14. The van der Waals surface area contributed by atoms with E-state index in [4.69, 9.17) is 4.74 Å². The Kier molecular flexibility index (Phi) is 5.98. The summed E-state index contributed by atoms with van der Waals surface area (Å²) < 4.78 is 6.93. The molecule has 2 aliphatic rings. The summed E-state index contributed by atoms with van der Waals surface area (Å²) in [6, 6.07) is 17.2. The second kappa shape index (κ2) is 9.25. The van der Waals surface area contributed by atoms with Gasteiger partial charge in [0.05, 0.1) is 5.92 Å². The minimum atomic E-state index is -0.911. The number of aryl methyl sites for hydroxylation is 1. The first-order valence-corrected chi connectivity index (χ1v) is 11.6. The number of rotatable bonds is 6. The summed E-state index contributed by atoms with van der Waals surface area (Å²) in [5.74, 6) is -1.74. The molecule has 5 rings (SSSR count). The smallest absolute Gasteiger partial charge is 0.412 e. The van der Waals surface area contributed by atoms with Crippen LogP contribution in [-0.4, -0.2) is 45.5 Å². The second-order valence-corrected chi connectivity index (χ2v) is 8.94. The highest BCUT2D eigenvalue weighted by Gasteiger charge is 2.34. The Bertz CT molecular complexity index is 1250. The van der Waals surface area contributed by atoms with E-state index in [1.165, 1.54) is 10.7 Å². The van der Waals surface area contributed by atoms with E-state index in [0.717, 1.165) is 28.7 Å². The van der Waals surface area contributed by atoms with Gasteiger partial charge in [0.25, 0.3) is 5.91 Å². The first-order valence-electron chi connectivity index (χ1n) is 11.6. The van der Waals surface area contributed by atoms with E-state index in [1.807, 2.05) is 36.4 Å². The maximum atomic E-state index is 12.6. The lowest BCUT2D eigenvalue weighted by Gasteiger charge is -2.16. The van der Waals surface area contributed by atoms with Gasteiger partial charge in [-0.3, -0.25) is 19.6 Å². The van der Waals surface area contributed by atoms with Gasteiger partial charge in [0.2, 0.25) is 0 Å². The van der Waals surface area contributed by atoms with E-state index < -0.39 is 29.9 Å². The van der Waals surface area contributed by atoms with Crippen molar-refractivity contribution in [1.82, 2.24) is 15.1 Å². The van der Waals surface area contributed by atoms with Gasteiger partial charge in [-0.05, 0) is 35.1 Å². The van der Waals surface area contributed by atoms with E-state index in [9.17, 15) is 19.5 Å². The lowest BCUT2D eigenvalue weighted by molar-refractivity contribution is -0.142. The Morgan fingerprint density at radius 2 is 1.71 bits per heavy atom. The zero-order valence-corrected chi connectivity index (χ0v) is 19.2. The van der Waals surface area contributed by atoms with Crippen molar-refractivity contribution in [2.45, 2.75) is 31.2 Å². The summed E-state index contributed by atoms with van der Waals surface area (Å²) in [6.07, 6.45) is 1.25. The van der Waals surface area contributed by atoms with E-state index in [2.05, 4.69) is 27.9 Å². The van der Waals surface area contributed by atoms with Crippen LogP contribution < -0.4 is 10.6 Å². The van der Waals surface area contributed by atoms with Crippen LogP contribution in [0, 0.1) is 5.92 Å². The van der Waals surface area contributed by atoms with Crippen LogP contribution in [0.4, 0.5) is 10.6 Å². The van der Waals surface area contributed by atoms with Crippen LogP contribution in [0.25, 0.3) is 11.1 Å². The number of fused-ring (bicyclic) bond motifs is 3. The number of hydrogen-bond acceptors (Lipinski definition) is 5. The van der Waals surface area contributed by atoms with Crippen molar-refractivity contribution in [2.24, 2.45) is 13.0 Å². The fourth-order valence-electron chi connectivity index (χ4n) is 5.10. The normalized spacial score (nSPS) is 18.5. The summed E-state index contributed by atoms with van der Waals surface area (Å²) in [6.45, 7) is 0.170. The SMILES string of the molecule is Cn1nc(C(=O)N[C@@H]2CCC[C@@H]2C(=O)O)cc1NC(=O)OCC1c2ccccc2-c2ccccc21. The summed E-state index contributed by atoms with van der Waals surface area (Å²) >= 11 is 0. The first-order chi connectivity index (χ1) is 16.9. The fourth-order valence-corrected chi connectivity index (χ4v) is 5.10. The maximum Gasteiger partial charge on any atom is 0.412 e. The molecule has 1 heterocycles. The average Bonchev–Trinajstić information content (AvgIpc) is 3.54. The van der Waals surface area contributed by atoms with Gasteiger partial charge in [0, 0.05) is 25.1 Å². The molecular formula is C26H26N4O5. The first kappa shape index (κ1) is 22.6. The zero-order chi connectivity index (χ0) is 24.5. The summed E-state index contributed by atoms with van der Waals surface area (Å²) in [4.78, 5) is 36.6. The number of ether oxygens (including phenoxy) is 1. The van der Waals surface area contributed by atoms with Crippen molar-refractivity contribution in [2.75, 3.05) is 11.9 Å². The van der Waals surface area contributed by atoms with Gasteiger partial charge < -0.3 is 15.2 Å². The van der Waals surface area contributed by atoms with Gasteiger partial charge in [-0.2, -0.15) is 5.10 Å². The fraction of sp³-hybridized carbons (Fsp3) is 0.308. The second-order valence-electron chi connectivity index (χ2n) is 8.94. The molecule has 1 saturated carbocycles. The lowest BCUT2D eigenvalue weighted by Crippen LogP contribution is -2.40. The number of carboxylic acids is 1. The number of nitrogens with one attached hydrogen (secondary N) is 2. The zero-order valence-electron chi connectivity index (χ0n) is 19.2. The third kappa shape index (κ3) is 4.37. The number of aliphatic carboxylic acids is 1. The number of amides is 2. The highest BCUT2D eigenvalue weighted by Crippen LogP contribution is 2.44. The van der Waals surface area contributed by atoms with E-state index in [0.29, 0.717) is 18.7 Å². The van der Waals surface area contributed by atoms with Crippen LogP contribution >= 0.6 is 0 Å². The van der Waals surface area contributed by atoms with Crippen LogP contribution in [0.3, 0.4) is 0 Å². The topological polar surface area (TPSA) is 123 Å². The van der Waals surface area contributed by atoms with Crippen molar-refractivity contribution < 1.29 is 24.2 Å². The Balaban J connectivity index is 1.22. The molecule has 0 spiro atoms. The lowest BCUT2D eigenvalue weighted by atomic mass is 9.98. The van der Waals surface area contributed by atoms with E-state index in [1.54, 1.807) is 7.05 Å². The Morgan fingerprint density at radius 3 is 2.37 bits per heavy atom. The maximum absolute atomic E-state index is 12.6. The number of carbonyl (C=O) groups excluding carboxylic acids is 2. The van der Waals surface area contributed by atoms with Crippen molar-refractivity contribution in [3.63, 3.8) is 0 Å². The molecule has 9 nitrogen and oxygen atoms in total. The highest BCUT2D eigenvalue weighted by molar-refractivity contribution is 5.95. The summed E-state index contributed by atoms with van der Waals surface area (Å²) in [7, 11) is 1.60. The number of anilines is 1. The van der Waals surface area contributed by atoms with Crippen LogP contribution in [0.1, 0.15) is 46.8 Å². The molecule has 2 atom stereocenters. The molecule has 1 aromatic heterocycles. The number of carboxylic acid groups (broad SMARTS) is 1. The van der Waals surface area contributed by atoms with Gasteiger partial charge in [-0.25, -0.2) is 4.79 Å². The Labute approximate surface area is 202 Å². The molecule has 2 amide bonds.